The minimum absolute atomic E-state index is 0. The Morgan fingerprint density at radius 3 is 1.55 bits per heavy atom. The lowest BCUT2D eigenvalue weighted by Crippen LogP contribution is -3.00. The van der Waals surface area contributed by atoms with Gasteiger partial charge >= 0.3 is 10.1 Å². The Morgan fingerprint density at radius 2 is 1.06 bits per heavy atom. The summed E-state index contributed by atoms with van der Waals surface area (Å²) in [6.45, 7) is 0. The lowest BCUT2D eigenvalue weighted by molar-refractivity contribution is -0.00000917. The normalized spacial score (nSPS) is 11.0. The van der Waals surface area contributed by atoms with Crippen LogP contribution in [0.4, 0.5) is 0 Å². The second-order valence-electron chi connectivity index (χ2n) is 6.40. The van der Waals surface area contributed by atoms with Crippen molar-refractivity contribution in [2.24, 2.45) is 0 Å². The van der Waals surface area contributed by atoms with Crippen molar-refractivity contribution in [2.45, 2.75) is 19.6 Å². The Kier molecular flexibility index (Phi) is 8.05. The van der Waals surface area contributed by atoms with E-state index in [4.69, 9.17) is 4.18 Å². The number of rotatable bonds is 6. The van der Waals surface area contributed by atoms with Crippen molar-refractivity contribution in [2.75, 3.05) is 0 Å². The zero-order valence-electron chi connectivity index (χ0n) is 16.2. The summed E-state index contributed by atoms with van der Waals surface area (Å²) in [6, 6.07) is 34.5. The van der Waals surface area contributed by atoms with Gasteiger partial charge in [0.2, 0.25) is 0 Å². The van der Waals surface area contributed by atoms with Crippen LogP contribution in [-0.4, -0.2) is 8.42 Å². The van der Waals surface area contributed by atoms with Gasteiger partial charge in [0.25, 0.3) is 0 Å². The molecule has 31 heavy (non-hydrogen) atoms. The molecule has 0 N–H and O–H groups in total. The van der Waals surface area contributed by atoms with E-state index in [0.717, 1.165) is 8.47 Å². The van der Waals surface area contributed by atoms with Crippen molar-refractivity contribution in [3.05, 3.63) is 113 Å². The highest BCUT2D eigenvalue weighted by atomic mass is 127. The molecule has 4 aromatic rings. The minimum atomic E-state index is -3.87. The fourth-order valence-corrected chi connectivity index (χ4v) is 6.30. The number of halogens is 2. The lowest BCUT2D eigenvalue weighted by Gasteiger charge is -2.10. The Hall–Kier alpha value is -2.00. The van der Waals surface area contributed by atoms with Gasteiger partial charge in [0, 0.05) is 3.57 Å². The van der Waals surface area contributed by atoms with Crippen LogP contribution < -0.4 is 16.6 Å². The fourth-order valence-electron chi connectivity index (χ4n) is 2.93. The molecule has 0 amide bonds. The standard InChI is InChI=1S/C24H18IO3S2.ClH/c25-19-11-17-24(18-12-19)30(26,27)28-20-13-15-23(16-14-20)29(21-7-3-1-4-8-21)22-9-5-2-6-10-22;/h1-18H;1H/q+1;/p-1. The molecule has 0 unspecified atom stereocenters. The number of benzene rings is 4. The van der Waals surface area contributed by atoms with Gasteiger partial charge in [-0.15, -0.1) is 0 Å². The van der Waals surface area contributed by atoms with E-state index in [1.807, 2.05) is 48.5 Å². The van der Waals surface area contributed by atoms with Gasteiger partial charge in [-0.2, -0.15) is 8.42 Å². The van der Waals surface area contributed by atoms with E-state index in [9.17, 15) is 8.42 Å². The van der Waals surface area contributed by atoms with Gasteiger partial charge in [0.1, 0.15) is 10.6 Å². The smallest absolute Gasteiger partial charge is 0.339 e. The third-order valence-electron chi connectivity index (χ3n) is 4.33. The molecule has 3 nitrogen and oxygen atoms in total. The average Bonchev–Trinajstić information content (AvgIpc) is 2.77. The summed E-state index contributed by atoms with van der Waals surface area (Å²) in [5.74, 6) is 0.293. The molecule has 0 aliphatic heterocycles. The monoisotopic (exact) mass is 580 g/mol. The van der Waals surface area contributed by atoms with E-state index in [1.165, 1.54) is 9.79 Å². The molecule has 0 aliphatic carbocycles. The van der Waals surface area contributed by atoms with Crippen molar-refractivity contribution in [3.8, 4) is 5.75 Å². The molecule has 0 bridgehead atoms. The highest BCUT2D eigenvalue weighted by Crippen LogP contribution is 2.32. The van der Waals surface area contributed by atoms with E-state index >= 15 is 0 Å². The van der Waals surface area contributed by atoms with Gasteiger partial charge in [-0.3, -0.25) is 0 Å². The van der Waals surface area contributed by atoms with Gasteiger partial charge in [-0.05, 0) is 95.4 Å². The minimum Gasteiger partial charge on any atom is -1.00 e. The van der Waals surface area contributed by atoms with Gasteiger partial charge in [-0.1, -0.05) is 36.4 Å². The maximum atomic E-state index is 12.6. The van der Waals surface area contributed by atoms with Gasteiger partial charge < -0.3 is 16.6 Å². The third-order valence-corrected chi connectivity index (χ3v) is 8.54. The van der Waals surface area contributed by atoms with Crippen molar-refractivity contribution in [3.63, 3.8) is 0 Å². The molecule has 0 fully saturated rings. The van der Waals surface area contributed by atoms with Gasteiger partial charge in [-0.25, -0.2) is 0 Å². The summed E-state index contributed by atoms with van der Waals surface area (Å²) < 4.78 is 31.4. The SMILES string of the molecule is O=S(=O)(Oc1ccc([S+](c2ccccc2)c2ccccc2)cc1)c1ccc(I)cc1.[Cl-]. The molecular formula is C24H18ClIO3S2. The summed E-state index contributed by atoms with van der Waals surface area (Å²) in [5, 5.41) is 0. The van der Waals surface area contributed by atoms with Crippen LogP contribution in [0.15, 0.2) is 129 Å². The molecular weight excluding hydrogens is 563 g/mol. The van der Waals surface area contributed by atoms with Gasteiger partial charge in [0.15, 0.2) is 14.7 Å². The molecule has 0 saturated carbocycles. The van der Waals surface area contributed by atoms with E-state index < -0.39 is 10.1 Å². The average molecular weight is 581 g/mol. The molecule has 4 rings (SSSR count). The van der Waals surface area contributed by atoms with Crippen LogP contribution in [-0.2, 0) is 21.0 Å². The third kappa shape index (κ3) is 5.83. The van der Waals surface area contributed by atoms with Crippen LogP contribution in [0.1, 0.15) is 0 Å². The van der Waals surface area contributed by atoms with Crippen LogP contribution in [0, 0.1) is 3.57 Å². The molecule has 0 radical (unpaired) electrons. The second-order valence-corrected chi connectivity index (χ2v) is 11.2. The first kappa shape index (κ1) is 23.7. The summed E-state index contributed by atoms with van der Waals surface area (Å²) in [7, 11) is -4.16. The molecule has 4 aromatic carbocycles. The first-order chi connectivity index (χ1) is 14.5. The predicted octanol–water partition coefficient (Wildman–Crippen LogP) is 3.16. The first-order valence-electron chi connectivity index (χ1n) is 9.17. The molecule has 158 valence electrons. The summed E-state index contributed by atoms with van der Waals surface area (Å²) >= 11 is 2.13. The largest absolute Gasteiger partial charge is 1.00 e. The van der Waals surface area contributed by atoms with E-state index in [-0.39, 0.29) is 28.2 Å². The van der Waals surface area contributed by atoms with Gasteiger partial charge in [0.05, 0.1) is 10.9 Å². The Morgan fingerprint density at radius 1 is 0.613 bits per heavy atom. The molecule has 0 heterocycles. The van der Waals surface area contributed by atoms with Crippen LogP contribution in [0.5, 0.6) is 5.75 Å². The van der Waals surface area contributed by atoms with Crippen LogP contribution in [0.2, 0.25) is 0 Å². The van der Waals surface area contributed by atoms with Crippen molar-refractivity contribution >= 4 is 43.6 Å². The first-order valence-corrected chi connectivity index (χ1v) is 12.9. The van der Waals surface area contributed by atoms with E-state index in [0.29, 0.717) is 5.75 Å². The maximum Gasteiger partial charge on any atom is 0.339 e. The highest BCUT2D eigenvalue weighted by Gasteiger charge is 2.28. The highest BCUT2D eigenvalue weighted by molar-refractivity contribution is 14.1. The zero-order valence-corrected chi connectivity index (χ0v) is 20.7. The Labute approximate surface area is 205 Å². The Balaban J connectivity index is 0.00000272. The zero-order chi connectivity index (χ0) is 21.0. The van der Waals surface area contributed by atoms with Crippen molar-refractivity contribution < 1.29 is 25.0 Å². The number of hydrogen-bond acceptors (Lipinski definition) is 3. The van der Waals surface area contributed by atoms with Crippen molar-refractivity contribution in [1.29, 1.82) is 0 Å². The molecule has 7 heteroatoms. The molecule has 0 atom stereocenters. The summed E-state index contributed by atoms with van der Waals surface area (Å²) in [4.78, 5) is 3.62. The molecule has 0 aliphatic rings. The van der Waals surface area contributed by atoms with Crippen LogP contribution >= 0.6 is 22.6 Å². The summed E-state index contributed by atoms with van der Waals surface area (Å²) in [6.07, 6.45) is 0. The lowest BCUT2D eigenvalue weighted by atomic mass is 10.3. The number of hydrogen-bond donors (Lipinski definition) is 0. The van der Waals surface area contributed by atoms with Crippen LogP contribution in [0.25, 0.3) is 0 Å². The van der Waals surface area contributed by atoms with E-state index in [2.05, 4.69) is 46.9 Å². The fraction of sp³-hybridized carbons (Fsp3) is 0. The molecule has 0 saturated heterocycles. The molecule has 0 aromatic heterocycles. The second kappa shape index (κ2) is 10.5. The van der Waals surface area contributed by atoms with Crippen LogP contribution in [0.3, 0.4) is 0 Å². The summed E-state index contributed by atoms with van der Waals surface area (Å²) in [5.41, 5.74) is 0. The molecule has 0 spiro atoms. The Bertz CT molecular complexity index is 1180. The van der Waals surface area contributed by atoms with Crippen molar-refractivity contribution in [1.82, 2.24) is 0 Å². The predicted molar refractivity (Wildman–Crippen MR) is 128 cm³/mol. The quantitative estimate of drug-likeness (QED) is 0.200. The van der Waals surface area contributed by atoms with E-state index in [1.54, 1.807) is 36.4 Å². The maximum absolute atomic E-state index is 12.6. The topological polar surface area (TPSA) is 43.4 Å².